The number of aliphatic hydroxyl groups is 1. The molecule has 1 heterocycles. The summed E-state index contributed by atoms with van der Waals surface area (Å²) < 4.78 is 0. The van der Waals surface area contributed by atoms with Crippen LogP contribution in [0.3, 0.4) is 0 Å². The smallest absolute Gasteiger partial charge is 0.317 e. The van der Waals surface area contributed by atoms with Gasteiger partial charge in [-0.15, -0.1) is 0 Å². The van der Waals surface area contributed by atoms with Gasteiger partial charge in [-0.1, -0.05) is 12.8 Å². The van der Waals surface area contributed by atoms with Crippen LogP contribution in [0, 0.1) is 11.8 Å². The fourth-order valence-corrected chi connectivity index (χ4v) is 3.74. The number of carbonyl (C=O) groups excluding carboxylic acids is 1. The second-order valence-electron chi connectivity index (χ2n) is 5.90. The van der Waals surface area contributed by atoms with Gasteiger partial charge in [0.2, 0.25) is 0 Å². The first-order valence-electron chi connectivity index (χ1n) is 6.97. The van der Waals surface area contributed by atoms with E-state index in [1.54, 1.807) is 0 Å². The van der Waals surface area contributed by atoms with Crippen LogP contribution >= 0.6 is 0 Å². The highest BCUT2D eigenvalue weighted by atomic mass is 16.3. The maximum Gasteiger partial charge on any atom is 0.317 e. The van der Waals surface area contributed by atoms with Crippen molar-refractivity contribution in [2.24, 2.45) is 11.8 Å². The number of amides is 2. The molecule has 0 aromatic heterocycles. The predicted molar refractivity (Wildman–Crippen MR) is 64.6 cm³/mol. The summed E-state index contributed by atoms with van der Waals surface area (Å²) in [5, 5.41) is 13.0. The van der Waals surface area contributed by atoms with E-state index in [2.05, 4.69) is 5.32 Å². The van der Waals surface area contributed by atoms with Crippen LogP contribution in [0.1, 0.15) is 38.5 Å². The van der Waals surface area contributed by atoms with E-state index in [0.29, 0.717) is 17.9 Å². The van der Waals surface area contributed by atoms with Gasteiger partial charge in [-0.3, -0.25) is 0 Å². The van der Waals surface area contributed by atoms with Crippen molar-refractivity contribution in [3.05, 3.63) is 0 Å². The van der Waals surface area contributed by atoms with Crippen molar-refractivity contribution in [3.63, 3.8) is 0 Å². The van der Waals surface area contributed by atoms with Crippen molar-refractivity contribution in [1.82, 2.24) is 10.2 Å². The summed E-state index contributed by atoms with van der Waals surface area (Å²) in [5.74, 6) is 0.878. The normalized spacial score (nSPS) is 37.5. The zero-order valence-corrected chi connectivity index (χ0v) is 10.3. The number of rotatable bonds is 1. The molecule has 1 aliphatic heterocycles. The van der Waals surface area contributed by atoms with Gasteiger partial charge in [0, 0.05) is 25.0 Å². The van der Waals surface area contributed by atoms with Crippen molar-refractivity contribution < 1.29 is 9.90 Å². The van der Waals surface area contributed by atoms with Gasteiger partial charge >= 0.3 is 6.03 Å². The number of carbonyl (C=O) groups is 1. The van der Waals surface area contributed by atoms with Crippen molar-refractivity contribution in [2.75, 3.05) is 13.1 Å². The lowest BCUT2D eigenvalue weighted by molar-refractivity contribution is 0.125. The third kappa shape index (κ3) is 2.15. The Labute approximate surface area is 102 Å². The second kappa shape index (κ2) is 4.48. The molecular weight excluding hydrogens is 216 g/mol. The summed E-state index contributed by atoms with van der Waals surface area (Å²) in [6.45, 7) is 1.60. The molecule has 2 aliphatic carbocycles. The van der Waals surface area contributed by atoms with E-state index in [4.69, 9.17) is 0 Å². The molecule has 2 amide bonds. The summed E-state index contributed by atoms with van der Waals surface area (Å²) in [6.07, 6.45) is 6.59. The zero-order valence-electron chi connectivity index (χ0n) is 10.3. The van der Waals surface area contributed by atoms with E-state index in [-0.39, 0.29) is 12.1 Å². The lowest BCUT2D eigenvalue weighted by Gasteiger charge is -2.21. The molecular formula is C13H22N2O2. The quantitative estimate of drug-likeness (QED) is 0.724. The van der Waals surface area contributed by atoms with Crippen molar-refractivity contribution in [2.45, 2.75) is 50.7 Å². The maximum absolute atomic E-state index is 12.1. The number of hydrogen-bond donors (Lipinski definition) is 2. The first-order valence-corrected chi connectivity index (χ1v) is 6.97. The van der Waals surface area contributed by atoms with Gasteiger partial charge in [-0.25, -0.2) is 4.79 Å². The van der Waals surface area contributed by atoms with E-state index < -0.39 is 0 Å². The van der Waals surface area contributed by atoms with Gasteiger partial charge in [0.05, 0.1) is 6.10 Å². The number of nitrogens with one attached hydrogen (secondary N) is 1. The molecule has 3 rings (SSSR count). The van der Waals surface area contributed by atoms with Gasteiger partial charge in [0.1, 0.15) is 0 Å². The van der Waals surface area contributed by atoms with Crippen LogP contribution in [0.2, 0.25) is 0 Å². The summed E-state index contributed by atoms with van der Waals surface area (Å²) in [5.41, 5.74) is 0. The number of aliphatic hydroxyl groups excluding tert-OH is 1. The van der Waals surface area contributed by atoms with E-state index in [9.17, 15) is 9.90 Å². The summed E-state index contributed by atoms with van der Waals surface area (Å²) in [7, 11) is 0. The minimum atomic E-state index is -0.177. The monoisotopic (exact) mass is 238 g/mol. The Hall–Kier alpha value is -0.770. The molecule has 3 atom stereocenters. The Kier molecular flexibility index (Phi) is 2.99. The molecule has 0 radical (unpaired) electrons. The van der Waals surface area contributed by atoms with Gasteiger partial charge in [-0.2, -0.15) is 0 Å². The molecule has 2 saturated carbocycles. The minimum Gasteiger partial charge on any atom is -0.393 e. The van der Waals surface area contributed by atoms with Crippen molar-refractivity contribution in [3.8, 4) is 0 Å². The van der Waals surface area contributed by atoms with Gasteiger partial charge in [0.25, 0.3) is 0 Å². The maximum atomic E-state index is 12.1. The van der Waals surface area contributed by atoms with Gasteiger partial charge in [0.15, 0.2) is 0 Å². The van der Waals surface area contributed by atoms with Gasteiger partial charge in [-0.05, 0) is 31.6 Å². The molecule has 0 spiro atoms. The molecule has 4 nitrogen and oxygen atoms in total. The highest BCUT2D eigenvalue weighted by Crippen LogP contribution is 2.38. The van der Waals surface area contributed by atoms with Crippen molar-refractivity contribution >= 4 is 6.03 Å². The third-order valence-electron chi connectivity index (χ3n) is 4.79. The molecule has 3 unspecified atom stereocenters. The Balaban J connectivity index is 1.53. The Bertz CT molecular complexity index is 302. The molecule has 96 valence electrons. The Morgan fingerprint density at radius 2 is 1.88 bits per heavy atom. The number of fused-ring (bicyclic) bond motifs is 1. The van der Waals surface area contributed by atoms with Crippen LogP contribution in [0.5, 0.6) is 0 Å². The third-order valence-corrected chi connectivity index (χ3v) is 4.79. The molecule has 4 heteroatoms. The molecule has 17 heavy (non-hydrogen) atoms. The van der Waals surface area contributed by atoms with Crippen LogP contribution in [0.15, 0.2) is 0 Å². The van der Waals surface area contributed by atoms with Crippen LogP contribution in [-0.2, 0) is 0 Å². The standard InChI is InChI=1S/C13H22N2O2/c16-12-6-5-9-7-15(8-11(9)12)13(17)14-10-3-1-2-4-10/h9-12,16H,1-8H2,(H,14,17). The minimum absolute atomic E-state index is 0.0958. The highest BCUT2D eigenvalue weighted by Gasteiger charge is 2.43. The number of urea groups is 1. The topological polar surface area (TPSA) is 52.6 Å². The fraction of sp³-hybridized carbons (Fsp3) is 0.923. The molecule has 0 aromatic carbocycles. The first-order chi connectivity index (χ1) is 8.24. The fourth-order valence-electron chi connectivity index (χ4n) is 3.74. The predicted octanol–water partition coefficient (Wildman–Crippen LogP) is 1.34. The van der Waals surface area contributed by atoms with Crippen LogP contribution in [0.4, 0.5) is 4.79 Å². The molecule has 1 saturated heterocycles. The summed E-state index contributed by atoms with van der Waals surface area (Å²) in [4.78, 5) is 14.0. The summed E-state index contributed by atoms with van der Waals surface area (Å²) in [6, 6.07) is 0.492. The second-order valence-corrected chi connectivity index (χ2v) is 5.90. The zero-order chi connectivity index (χ0) is 11.8. The molecule has 3 fully saturated rings. The average Bonchev–Trinajstić information content (AvgIpc) is 2.97. The van der Waals surface area contributed by atoms with Crippen molar-refractivity contribution in [1.29, 1.82) is 0 Å². The number of nitrogens with zero attached hydrogens (tertiary/aromatic N) is 1. The molecule has 2 N–H and O–H groups in total. The van der Waals surface area contributed by atoms with Crippen LogP contribution in [0.25, 0.3) is 0 Å². The van der Waals surface area contributed by atoms with E-state index in [1.165, 1.54) is 12.8 Å². The lowest BCUT2D eigenvalue weighted by Crippen LogP contribution is -2.43. The first kappa shape index (κ1) is 11.3. The number of likely N-dealkylation sites (tertiary alicyclic amines) is 1. The largest absolute Gasteiger partial charge is 0.393 e. The SMILES string of the molecule is O=C(NC1CCCC1)N1CC2CCC(O)C2C1. The number of hydrogen-bond acceptors (Lipinski definition) is 2. The molecule has 0 aromatic rings. The summed E-state index contributed by atoms with van der Waals surface area (Å²) >= 11 is 0. The molecule has 0 bridgehead atoms. The average molecular weight is 238 g/mol. The van der Waals surface area contributed by atoms with Gasteiger partial charge < -0.3 is 15.3 Å². The Morgan fingerprint density at radius 1 is 1.12 bits per heavy atom. The lowest BCUT2D eigenvalue weighted by atomic mass is 10.00. The molecule has 3 aliphatic rings. The van der Waals surface area contributed by atoms with E-state index >= 15 is 0 Å². The van der Waals surface area contributed by atoms with E-state index in [1.807, 2.05) is 4.90 Å². The Morgan fingerprint density at radius 3 is 2.59 bits per heavy atom. The van der Waals surface area contributed by atoms with Crippen LogP contribution in [-0.4, -0.2) is 41.3 Å². The van der Waals surface area contributed by atoms with Crippen LogP contribution < -0.4 is 5.32 Å². The van der Waals surface area contributed by atoms with E-state index in [0.717, 1.165) is 38.8 Å². The highest BCUT2D eigenvalue weighted by molar-refractivity contribution is 5.75.